The molecule has 0 radical (unpaired) electrons. The Kier molecular flexibility index (Phi) is 4.03. The van der Waals surface area contributed by atoms with Crippen LogP contribution >= 0.6 is 15.9 Å². The lowest BCUT2D eigenvalue weighted by atomic mass is 9.99. The molecule has 122 valence electrons. The SMILES string of the molecule is NCC1(c2nocc2C(=O)NS(=O)(=O)c2ccccc2Br)CC1. The van der Waals surface area contributed by atoms with Crippen molar-refractivity contribution < 1.29 is 17.7 Å². The number of nitrogens with one attached hydrogen (secondary N) is 1. The third-order valence-corrected chi connectivity index (χ3v) is 6.26. The number of hydrogen-bond acceptors (Lipinski definition) is 6. The lowest BCUT2D eigenvalue weighted by Gasteiger charge is -2.11. The zero-order valence-electron chi connectivity index (χ0n) is 12.0. The third-order valence-electron chi connectivity index (χ3n) is 3.91. The normalized spacial score (nSPS) is 16.1. The van der Waals surface area contributed by atoms with Gasteiger partial charge in [0.05, 0.1) is 0 Å². The van der Waals surface area contributed by atoms with Crippen LogP contribution in [0, 0.1) is 0 Å². The van der Waals surface area contributed by atoms with Crippen LogP contribution in [0.3, 0.4) is 0 Å². The van der Waals surface area contributed by atoms with Crippen LogP contribution < -0.4 is 10.5 Å². The molecule has 3 N–H and O–H groups in total. The molecule has 1 aliphatic carbocycles. The van der Waals surface area contributed by atoms with E-state index in [4.69, 9.17) is 10.3 Å². The first-order valence-corrected chi connectivity index (χ1v) is 9.14. The molecule has 1 fully saturated rings. The smallest absolute Gasteiger partial charge is 0.270 e. The molecule has 1 amide bonds. The van der Waals surface area contributed by atoms with Gasteiger partial charge in [0.1, 0.15) is 22.4 Å². The maximum absolute atomic E-state index is 12.4. The molecule has 9 heteroatoms. The number of nitrogens with zero attached hydrogens (tertiary/aromatic N) is 1. The Hall–Kier alpha value is -1.71. The summed E-state index contributed by atoms with van der Waals surface area (Å²) >= 11 is 3.16. The van der Waals surface area contributed by atoms with Gasteiger partial charge in [-0.1, -0.05) is 17.3 Å². The van der Waals surface area contributed by atoms with E-state index in [2.05, 4.69) is 21.1 Å². The van der Waals surface area contributed by atoms with Gasteiger partial charge in [0, 0.05) is 16.4 Å². The number of nitrogens with two attached hydrogens (primary N) is 1. The Labute approximate surface area is 141 Å². The highest BCUT2D eigenvalue weighted by Crippen LogP contribution is 2.47. The predicted octanol–water partition coefficient (Wildman–Crippen LogP) is 1.55. The minimum absolute atomic E-state index is 0.0219. The second kappa shape index (κ2) is 5.73. The third kappa shape index (κ3) is 2.91. The molecule has 23 heavy (non-hydrogen) atoms. The van der Waals surface area contributed by atoms with Crippen LogP contribution in [0.2, 0.25) is 0 Å². The van der Waals surface area contributed by atoms with Crippen LogP contribution in [0.25, 0.3) is 0 Å². The maximum Gasteiger partial charge on any atom is 0.270 e. The highest BCUT2D eigenvalue weighted by atomic mass is 79.9. The van der Waals surface area contributed by atoms with Crippen LogP contribution in [0.5, 0.6) is 0 Å². The monoisotopic (exact) mass is 399 g/mol. The molecule has 1 aromatic carbocycles. The molecule has 0 saturated heterocycles. The predicted molar refractivity (Wildman–Crippen MR) is 85.3 cm³/mol. The Morgan fingerprint density at radius 1 is 1.39 bits per heavy atom. The van der Waals surface area contributed by atoms with Gasteiger partial charge >= 0.3 is 0 Å². The van der Waals surface area contributed by atoms with E-state index in [0.717, 1.165) is 19.1 Å². The highest BCUT2D eigenvalue weighted by molar-refractivity contribution is 9.10. The number of sulfonamides is 1. The summed E-state index contributed by atoms with van der Waals surface area (Å²) in [6, 6.07) is 6.23. The molecule has 1 aliphatic rings. The van der Waals surface area contributed by atoms with Gasteiger partial charge in [0.25, 0.3) is 15.9 Å². The fourth-order valence-electron chi connectivity index (χ4n) is 2.36. The van der Waals surface area contributed by atoms with Crippen LogP contribution in [0.1, 0.15) is 28.9 Å². The van der Waals surface area contributed by atoms with E-state index in [1.807, 2.05) is 4.72 Å². The summed E-state index contributed by atoms with van der Waals surface area (Å²) in [6.45, 7) is 0.330. The fourth-order valence-corrected chi connectivity index (χ4v) is 4.33. The fraction of sp³-hybridized carbons (Fsp3) is 0.286. The number of carbonyl (C=O) groups is 1. The lowest BCUT2D eigenvalue weighted by molar-refractivity contribution is 0.0979. The van der Waals surface area contributed by atoms with Crippen molar-refractivity contribution in [2.75, 3.05) is 6.54 Å². The number of benzene rings is 1. The number of hydrogen-bond donors (Lipinski definition) is 2. The second-order valence-corrected chi connectivity index (χ2v) is 7.93. The van der Waals surface area contributed by atoms with Gasteiger partial charge in [0.15, 0.2) is 0 Å². The molecule has 0 bridgehead atoms. The summed E-state index contributed by atoms with van der Waals surface area (Å²) in [6.07, 6.45) is 2.75. The molecule has 7 nitrogen and oxygen atoms in total. The van der Waals surface area contributed by atoms with Crippen LogP contribution in [-0.2, 0) is 15.4 Å². The van der Waals surface area contributed by atoms with E-state index in [1.54, 1.807) is 18.2 Å². The lowest BCUT2D eigenvalue weighted by Crippen LogP contribution is -2.32. The first-order valence-electron chi connectivity index (χ1n) is 6.86. The van der Waals surface area contributed by atoms with Crippen molar-refractivity contribution in [1.82, 2.24) is 9.88 Å². The van der Waals surface area contributed by atoms with Crippen LogP contribution in [0.15, 0.2) is 44.4 Å². The molecule has 0 aliphatic heterocycles. The molecule has 0 atom stereocenters. The van der Waals surface area contributed by atoms with Crippen molar-refractivity contribution in [1.29, 1.82) is 0 Å². The Morgan fingerprint density at radius 2 is 2.09 bits per heavy atom. The maximum atomic E-state index is 12.4. The summed E-state index contributed by atoms with van der Waals surface area (Å²) in [4.78, 5) is 12.3. The number of rotatable bonds is 5. The van der Waals surface area contributed by atoms with Crippen molar-refractivity contribution in [3.63, 3.8) is 0 Å². The van der Waals surface area contributed by atoms with E-state index in [0.29, 0.717) is 16.7 Å². The minimum atomic E-state index is -4.01. The van der Waals surface area contributed by atoms with Crippen molar-refractivity contribution >= 4 is 31.9 Å². The number of aromatic nitrogens is 1. The summed E-state index contributed by atoms with van der Waals surface area (Å²) in [5.74, 6) is -0.781. The molecule has 0 unspecified atom stereocenters. The first-order chi connectivity index (χ1) is 10.9. The summed E-state index contributed by atoms with van der Waals surface area (Å²) in [5, 5.41) is 3.84. The molecule has 1 heterocycles. The van der Waals surface area contributed by atoms with Gasteiger partial charge in [-0.3, -0.25) is 4.79 Å². The van der Waals surface area contributed by atoms with E-state index in [-0.39, 0.29) is 15.9 Å². The molecular formula is C14H14BrN3O4S. The Morgan fingerprint density at radius 3 is 2.70 bits per heavy atom. The van der Waals surface area contributed by atoms with Crippen LogP contribution in [-0.4, -0.2) is 26.0 Å². The zero-order valence-corrected chi connectivity index (χ0v) is 14.4. The van der Waals surface area contributed by atoms with Crippen molar-refractivity contribution in [3.05, 3.63) is 46.3 Å². The van der Waals surface area contributed by atoms with Crippen molar-refractivity contribution in [3.8, 4) is 0 Å². The molecular weight excluding hydrogens is 386 g/mol. The van der Waals surface area contributed by atoms with E-state index in [9.17, 15) is 13.2 Å². The van der Waals surface area contributed by atoms with E-state index in [1.165, 1.54) is 6.07 Å². The van der Waals surface area contributed by atoms with Gasteiger partial charge in [-0.05, 0) is 40.9 Å². The van der Waals surface area contributed by atoms with Gasteiger partial charge in [-0.15, -0.1) is 0 Å². The quantitative estimate of drug-likeness (QED) is 0.787. The van der Waals surface area contributed by atoms with E-state index >= 15 is 0 Å². The number of carbonyl (C=O) groups excluding carboxylic acids is 1. The Balaban J connectivity index is 1.89. The molecule has 2 aromatic rings. The molecule has 1 saturated carbocycles. The topological polar surface area (TPSA) is 115 Å². The summed E-state index contributed by atoms with van der Waals surface area (Å²) in [7, 11) is -4.01. The second-order valence-electron chi connectivity index (χ2n) is 5.43. The molecule has 3 rings (SSSR count). The zero-order chi connectivity index (χ0) is 16.7. The largest absolute Gasteiger partial charge is 0.364 e. The van der Waals surface area contributed by atoms with Crippen LogP contribution in [0.4, 0.5) is 0 Å². The summed E-state index contributed by atoms with van der Waals surface area (Å²) in [5.41, 5.74) is 5.87. The molecule has 1 aromatic heterocycles. The van der Waals surface area contributed by atoms with Gasteiger partial charge in [-0.25, -0.2) is 13.1 Å². The summed E-state index contributed by atoms with van der Waals surface area (Å²) < 4.78 is 32.0. The minimum Gasteiger partial charge on any atom is -0.364 e. The average Bonchev–Trinajstić information content (AvgIpc) is 3.14. The van der Waals surface area contributed by atoms with Gasteiger partial charge in [-0.2, -0.15) is 0 Å². The Bertz CT molecular complexity index is 858. The van der Waals surface area contributed by atoms with Gasteiger partial charge < -0.3 is 10.3 Å². The first kappa shape index (κ1) is 16.2. The van der Waals surface area contributed by atoms with Gasteiger partial charge in [0.2, 0.25) is 0 Å². The number of halogens is 1. The molecule has 0 spiro atoms. The number of amides is 1. The average molecular weight is 400 g/mol. The van der Waals surface area contributed by atoms with E-state index < -0.39 is 15.9 Å². The van der Waals surface area contributed by atoms with Crippen molar-refractivity contribution in [2.24, 2.45) is 5.73 Å². The standard InChI is InChI=1S/C14H14BrN3O4S/c15-10-3-1-2-4-11(10)23(20,21)18-13(19)9-7-22-17-12(9)14(8-16)5-6-14/h1-4,7H,5-6,8,16H2,(H,18,19). The van der Waals surface area contributed by atoms with Crippen molar-refractivity contribution in [2.45, 2.75) is 23.2 Å². The highest BCUT2D eigenvalue weighted by Gasteiger charge is 2.48.